The molecule has 7 nitrogen and oxygen atoms in total. The fraction of sp³-hybridized carbons (Fsp3) is 0.455. The second-order valence-corrected chi connectivity index (χ2v) is 10.5. The molecule has 0 saturated carbocycles. The van der Waals surface area contributed by atoms with Gasteiger partial charge in [0.1, 0.15) is 0 Å². The maximum atomic E-state index is 12.8. The quantitative estimate of drug-likeness (QED) is 0.763. The molecule has 160 valence electrons. The number of nitrogens with one attached hydrogen (secondary N) is 1. The van der Waals surface area contributed by atoms with Gasteiger partial charge in [-0.3, -0.25) is 9.78 Å². The first-order chi connectivity index (χ1) is 14.3. The van der Waals surface area contributed by atoms with Crippen molar-refractivity contribution in [1.29, 1.82) is 0 Å². The van der Waals surface area contributed by atoms with Crippen LogP contribution in [0.2, 0.25) is 0 Å². The van der Waals surface area contributed by atoms with Crippen molar-refractivity contribution in [3.8, 4) is 0 Å². The number of amides is 1. The van der Waals surface area contributed by atoms with Gasteiger partial charge in [-0.15, -0.1) is 0 Å². The highest BCUT2D eigenvalue weighted by Crippen LogP contribution is 2.41. The molecule has 0 atom stereocenters. The summed E-state index contributed by atoms with van der Waals surface area (Å²) in [7, 11) is -3.66. The molecular weight excluding hydrogens is 400 g/mol. The highest BCUT2D eigenvalue weighted by atomic mass is 32.2. The Morgan fingerprint density at radius 3 is 2.67 bits per heavy atom. The summed E-state index contributed by atoms with van der Waals surface area (Å²) < 4.78 is 28.3. The van der Waals surface area contributed by atoms with E-state index in [-0.39, 0.29) is 22.8 Å². The third-order valence-electron chi connectivity index (χ3n) is 5.91. The maximum Gasteiger partial charge on any atom is 0.242 e. The molecule has 0 spiro atoms. The van der Waals surface area contributed by atoms with E-state index in [0.29, 0.717) is 13.1 Å². The molecule has 0 unspecified atom stereocenters. The summed E-state index contributed by atoms with van der Waals surface area (Å²) in [4.78, 5) is 20.9. The first kappa shape index (κ1) is 20.8. The van der Waals surface area contributed by atoms with Gasteiger partial charge in [-0.2, -0.15) is 0 Å². The number of hydrogen-bond donors (Lipinski definition) is 1. The van der Waals surface area contributed by atoms with Crippen molar-refractivity contribution in [1.82, 2.24) is 14.6 Å². The molecule has 1 aromatic heterocycles. The summed E-state index contributed by atoms with van der Waals surface area (Å²) in [5, 5.41) is 0. The Morgan fingerprint density at radius 1 is 1.20 bits per heavy atom. The van der Waals surface area contributed by atoms with Crippen LogP contribution in [0.25, 0.3) is 0 Å². The predicted octanol–water partition coefficient (Wildman–Crippen LogP) is 2.28. The average Bonchev–Trinajstić information content (AvgIpc) is 3.34. The van der Waals surface area contributed by atoms with Gasteiger partial charge in [0.2, 0.25) is 15.9 Å². The van der Waals surface area contributed by atoms with E-state index in [2.05, 4.69) is 28.5 Å². The van der Waals surface area contributed by atoms with Crippen molar-refractivity contribution in [2.75, 3.05) is 31.1 Å². The highest BCUT2D eigenvalue weighted by Gasteiger charge is 2.37. The molecule has 0 bridgehead atoms. The van der Waals surface area contributed by atoms with Crippen molar-refractivity contribution in [2.45, 2.75) is 43.5 Å². The maximum absolute atomic E-state index is 12.8. The van der Waals surface area contributed by atoms with E-state index in [9.17, 15) is 13.2 Å². The number of hydrogen-bond acceptors (Lipinski definition) is 5. The molecule has 1 aromatic carbocycles. The number of aromatic nitrogens is 1. The Morgan fingerprint density at radius 2 is 1.97 bits per heavy atom. The molecule has 1 N–H and O–H groups in total. The van der Waals surface area contributed by atoms with Gasteiger partial charge in [0.15, 0.2) is 0 Å². The third kappa shape index (κ3) is 4.20. The van der Waals surface area contributed by atoms with Crippen molar-refractivity contribution in [2.24, 2.45) is 0 Å². The van der Waals surface area contributed by atoms with Crippen LogP contribution in [0.1, 0.15) is 37.8 Å². The molecule has 8 heteroatoms. The number of anilines is 1. The molecule has 0 radical (unpaired) electrons. The van der Waals surface area contributed by atoms with Gasteiger partial charge in [0.25, 0.3) is 0 Å². The largest absolute Gasteiger partial charge is 0.361 e. The van der Waals surface area contributed by atoms with E-state index < -0.39 is 10.0 Å². The number of carbonyl (C=O) groups excluding carboxylic acids is 1. The fourth-order valence-corrected chi connectivity index (χ4v) is 5.33. The molecule has 1 fully saturated rings. The topological polar surface area (TPSA) is 82.6 Å². The first-order valence-corrected chi connectivity index (χ1v) is 11.8. The lowest BCUT2D eigenvalue weighted by Crippen LogP contribution is -2.40. The van der Waals surface area contributed by atoms with Crippen molar-refractivity contribution >= 4 is 21.6 Å². The second kappa shape index (κ2) is 8.00. The SMILES string of the molecule is CC1(C)CN(CC(=O)N2CCCC2)c2ccc(S(=O)(=O)NCc3cccnc3)cc21. The smallest absolute Gasteiger partial charge is 0.242 e. The predicted molar refractivity (Wildman–Crippen MR) is 116 cm³/mol. The van der Waals surface area contributed by atoms with Crippen LogP contribution >= 0.6 is 0 Å². The van der Waals surface area contributed by atoms with Crippen LogP contribution in [-0.4, -0.2) is 50.4 Å². The molecule has 2 aromatic rings. The number of likely N-dealkylation sites (tertiary alicyclic amines) is 1. The second-order valence-electron chi connectivity index (χ2n) is 8.69. The van der Waals surface area contributed by atoms with E-state index in [1.54, 1.807) is 30.6 Å². The Balaban J connectivity index is 1.53. The van der Waals surface area contributed by atoms with E-state index >= 15 is 0 Å². The number of fused-ring (bicyclic) bond motifs is 1. The third-order valence-corrected chi connectivity index (χ3v) is 7.31. The minimum Gasteiger partial charge on any atom is -0.361 e. The Bertz CT molecular complexity index is 1030. The van der Waals surface area contributed by atoms with Crippen molar-refractivity contribution < 1.29 is 13.2 Å². The van der Waals surface area contributed by atoms with E-state index in [0.717, 1.165) is 42.7 Å². The molecule has 30 heavy (non-hydrogen) atoms. The van der Waals surface area contributed by atoms with Gasteiger partial charge >= 0.3 is 0 Å². The summed E-state index contributed by atoms with van der Waals surface area (Å²) in [6.45, 7) is 7.06. The molecule has 0 aliphatic carbocycles. The monoisotopic (exact) mass is 428 g/mol. The van der Waals surface area contributed by atoms with Gasteiger partial charge < -0.3 is 9.80 Å². The van der Waals surface area contributed by atoms with Crippen LogP contribution in [0.3, 0.4) is 0 Å². The van der Waals surface area contributed by atoms with E-state index in [1.165, 1.54) is 0 Å². The average molecular weight is 429 g/mol. The number of nitrogens with zero attached hydrogens (tertiary/aromatic N) is 3. The standard InChI is InChI=1S/C22H28N4O3S/c1-22(2)16-26(15-21(27)25-10-3-4-11-25)20-8-7-18(12-19(20)22)30(28,29)24-14-17-6-5-9-23-13-17/h5-9,12-13,24H,3-4,10-11,14-16H2,1-2H3. The van der Waals surface area contributed by atoms with Crippen LogP contribution in [0.5, 0.6) is 0 Å². The zero-order valence-corrected chi connectivity index (χ0v) is 18.3. The van der Waals surface area contributed by atoms with Crippen LogP contribution in [0.4, 0.5) is 5.69 Å². The molecule has 2 aliphatic heterocycles. The summed E-state index contributed by atoms with van der Waals surface area (Å²) in [5.74, 6) is 0.144. The number of sulfonamides is 1. The minimum absolute atomic E-state index is 0.144. The summed E-state index contributed by atoms with van der Waals surface area (Å²) in [6, 6.07) is 8.82. The number of carbonyl (C=O) groups is 1. The van der Waals surface area contributed by atoms with Gasteiger partial charge in [0, 0.05) is 49.7 Å². The number of benzene rings is 1. The normalized spacial score (nSPS) is 17.9. The Hall–Kier alpha value is -2.45. The summed E-state index contributed by atoms with van der Waals surface area (Å²) in [6.07, 6.45) is 5.44. The number of pyridine rings is 1. The van der Waals surface area contributed by atoms with Crippen molar-refractivity contribution in [3.63, 3.8) is 0 Å². The van der Waals surface area contributed by atoms with Crippen LogP contribution in [0.15, 0.2) is 47.6 Å². The number of rotatable bonds is 6. The molecular formula is C22H28N4O3S. The van der Waals surface area contributed by atoms with E-state index in [1.807, 2.05) is 17.0 Å². The molecule has 3 heterocycles. The van der Waals surface area contributed by atoms with Crippen molar-refractivity contribution in [3.05, 3.63) is 53.9 Å². The summed E-state index contributed by atoms with van der Waals surface area (Å²) in [5.41, 5.74) is 2.46. The Kier molecular flexibility index (Phi) is 5.55. The zero-order chi connectivity index (χ0) is 21.4. The Labute approximate surface area is 178 Å². The van der Waals surface area contributed by atoms with Crippen LogP contribution < -0.4 is 9.62 Å². The van der Waals surface area contributed by atoms with E-state index in [4.69, 9.17) is 0 Å². The minimum atomic E-state index is -3.66. The van der Waals surface area contributed by atoms with Crippen LogP contribution in [0, 0.1) is 0 Å². The lowest BCUT2D eigenvalue weighted by molar-refractivity contribution is -0.128. The zero-order valence-electron chi connectivity index (χ0n) is 17.5. The molecule has 1 saturated heterocycles. The molecule has 4 rings (SSSR count). The summed E-state index contributed by atoms with van der Waals surface area (Å²) >= 11 is 0. The van der Waals surface area contributed by atoms with Gasteiger partial charge in [-0.25, -0.2) is 13.1 Å². The molecule has 1 amide bonds. The first-order valence-electron chi connectivity index (χ1n) is 10.3. The lowest BCUT2D eigenvalue weighted by Gasteiger charge is -2.24. The highest BCUT2D eigenvalue weighted by molar-refractivity contribution is 7.89. The lowest BCUT2D eigenvalue weighted by atomic mass is 9.87. The fourth-order valence-electron chi connectivity index (χ4n) is 4.28. The van der Waals surface area contributed by atoms with Gasteiger partial charge in [0.05, 0.1) is 11.4 Å². The molecule has 2 aliphatic rings. The van der Waals surface area contributed by atoms with Gasteiger partial charge in [-0.05, 0) is 48.2 Å². The van der Waals surface area contributed by atoms with Gasteiger partial charge in [-0.1, -0.05) is 19.9 Å². The van der Waals surface area contributed by atoms with Crippen LogP contribution in [-0.2, 0) is 26.8 Å².